The molecule has 19 heavy (non-hydrogen) atoms. The SMILES string of the molecule is OC(Cc1ccc(F)c(Br)c1)C1(O)CCCCCC1. The van der Waals surface area contributed by atoms with Gasteiger partial charge in [0, 0.05) is 6.42 Å². The zero-order chi connectivity index (χ0) is 13.9. The largest absolute Gasteiger partial charge is 0.390 e. The molecule has 0 aliphatic heterocycles. The highest BCUT2D eigenvalue weighted by Crippen LogP contribution is 2.31. The lowest BCUT2D eigenvalue weighted by Crippen LogP contribution is -2.43. The fraction of sp³-hybridized carbons (Fsp3) is 0.600. The van der Waals surface area contributed by atoms with E-state index in [0.29, 0.717) is 23.7 Å². The number of rotatable bonds is 3. The van der Waals surface area contributed by atoms with E-state index in [0.717, 1.165) is 31.2 Å². The molecule has 1 unspecified atom stereocenters. The van der Waals surface area contributed by atoms with Crippen molar-refractivity contribution in [3.8, 4) is 0 Å². The van der Waals surface area contributed by atoms with Crippen LogP contribution in [0.4, 0.5) is 4.39 Å². The maximum absolute atomic E-state index is 13.2. The third kappa shape index (κ3) is 3.77. The molecule has 0 aromatic heterocycles. The molecule has 1 aromatic rings. The van der Waals surface area contributed by atoms with Gasteiger partial charge in [-0.3, -0.25) is 0 Å². The molecule has 106 valence electrons. The van der Waals surface area contributed by atoms with Crippen LogP contribution in [0.15, 0.2) is 22.7 Å². The smallest absolute Gasteiger partial charge is 0.137 e. The van der Waals surface area contributed by atoms with Gasteiger partial charge in [0.05, 0.1) is 16.2 Å². The Morgan fingerprint density at radius 1 is 1.21 bits per heavy atom. The van der Waals surface area contributed by atoms with Crippen molar-refractivity contribution in [2.75, 3.05) is 0 Å². The first-order valence-corrected chi connectivity index (χ1v) is 7.65. The third-order valence-electron chi connectivity index (χ3n) is 4.00. The van der Waals surface area contributed by atoms with E-state index in [1.54, 1.807) is 12.1 Å². The Bertz CT molecular complexity index is 428. The van der Waals surface area contributed by atoms with Gasteiger partial charge in [0.15, 0.2) is 0 Å². The van der Waals surface area contributed by atoms with Crippen LogP contribution in [-0.4, -0.2) is 21.9 Å². The number of aliphatic hydroxyl groups excluding tert-OH is 1. The molecule has 0 radical (unpaired) electrons. The number of aliphatic hydroxyl groups is 2. The van der Waals surface area contributed by atoms with Crippen LogP contribution in [0.5, 0.6) is 0 Å². The monoisotopic (exact) mass is 330 g/mol. The molecule has 0 amide bonds. The van der Waals surface area contributed by atoms with E-state index >= 15 is 0 Å². The molecule has 1 fully saturated rings. The maximum atomic E-state index is 13.2. The summed E-state index contributed by atoms with van der Waals surface area (Å²) in [5, 5.41) is 20.9. The molecule has 2 N–H and O–H groups in total. The highest BCUT2D eigenvalue weighted by Gasteiger charge is 2.35. The lowest BCUT2D eigenvalue weighted by Gasteiger charge is -2.32. The fourth-order valence-electron chi connectivity index (χ4n) is 2.75. The summed E-state index contributed by atoms with van der Waals surface area (Å²) in [7, 11) is 0. The number of hydrogen-bond acceptors (Lipinski definition) is 2. The van der Waals surface area contributed by atoms with Gasteiger partial charge in [-0.25, -0.2) is 4.39 Å². The minimum Gasteiger partial charge on any atom is -0.390 e. The first-order chi connectivity index (χ1) is 9.01. The summed E-state index contributed by atoms with van der Waals surface area (Å²) in [5.74, 6) is -0.314. The molecule has 0 spiro atoms. The van der Waals surface area contributed by atoms with E-state index in [-0.39, 0.29) is 5.82 Å². The maximum Gasteiger partial charge on any atom is 0.137 e. The summed E-state index contributed by atoms with van der Waals surface area (Å²) in [6, 6.07) is 4.70. The predicted octanol–water partition coefficient (Wildman–Crippen LogP) is 3.58. The quantitative estimate of drug-likeness (QED) is 0.831. The van der Waals surface area contributed by atoms with Crippen molar-refractivity contribution >= 4 is 15.9 Å². The van der Waals surface area contributed by atoms with Crippen LogP contribution < -0.4 is 0 Å². The van der Waals surface area contributed by atoms with E-state index in [1.165, 1.54) is 6.07 Å². The molecule has 0 saturated heterocycles. The minimum absolute atomic E-state index is 0.314. The van der Waals surface area contributed by atoms with Crippen molar-refractivity contribution in [1.29, 1.82) is 0 Å². The first-order valence-electron chi connectivity index (χ1n) is 6.86. The molecule has 2 nitrogen and oxygen atoms in total. The Hall–Kier alpha value is -0.450. The molecule has 1 aliphatic rings. The molecule has 1 aliphatic carbocycles. The van der Waals surface area contributed by atoms with Gasteiger partial charge in [0.25, 0.3) is 0 Å². The summed E-state index contributed by atoms with van der Waals surface area (Å²) in [6.45, 7) is 0. The predicted molar refractivity (Wildman–Crippen MR) is 76.5 cm³/mol. The summed E-state index contributed by atoms with van der Waals surface area (Å²) >= 11 is 3.14. The average Bonchev–Trinajstić information content (AvgIpc) is 2.60. The van der Waals surface area contributed by atoms with Crippen LogP contribution in [0.2, 0.25) is 0 Å². The zero-order valence-electron chi connectivity index (χ0n) is 10.9. The topological polar surface area (TPSA) is 40.5 Å². The number of hydrogen-bond donors (Lipinski definition) is 2. The lowest BCUT2D eigenvalue weighted by molar-refractivity contribution is -0.0836. The Morgan fingerprint density at radius 2 is 1.84 bits per heavy atom. The second-order valence-corrected chi connectivity index (χ2v) is 6.34. The Morgan fingerprint density at radius 3 is 2.42 bits per heavy atom. The second kappa shape index (κ2) is 6.33. The van der Waals surface area contributed by atoms with Crippen molar-refractivity contribution in [2.45, 2.75) is 56.7 Å². The molecule has 1 atom stereocenters. The molecule has 0 bridgehead atoms. The highest BCUT2D eigenvalue weighted by molar-refractivity contribution is 9.10. The van der Waals surface area contributed by atoms with Crippen molar-refractivity contribution in [3.63, 3.8) is 0 Å². The van der Waals surface area contributed by atoms with Crippen molar-refractivity contribution in [1.82, 2.24) is 0 Å². The van der Waals surface area contributed by atoms with Crippen LogP contribution in [0.1, 0.15) is 44.1 Å². The van der Waals surface area contributed by atoms with Gasteiger partial charge in [-0.2, -0.15) is 0 Å². The summed E-state index contributed by atoms with van der Waals surface area (Å²) in [4.78, 5) is 0. The van der Waals surface area contributed by atoms with Crippen LogP contribution >= 0.6 is 15.9 Å². The zero-order valence-corrected chi connectivity index (χ0v) is 12.5. The van der Waals surface area contributed by atoms with E-state index in [9.17, 15) is 14.6 Å². The first kappa shape index (κ1) is 14.9. The van der Waals surface area contributed by atoms with Gasteiger partial charge in [-0.05, 0) is 46.5 Å². The van der Waals surface area contributed by atoms with Gasteiger partial charge in [0.1, 0.15) is 5.82 Å². The molecule has 0 heterocycles. The average molecular weight is 331 g/mol. The molecule has 1 saturated carbocycles. The van der Waals surface area contributed by atoms with E-state index in [2.05, 4.69) is 15.9 Å². The van der Waals surface area contributed by atoms with Gasteiger partial charge >= 0.3 is 0 Å². The number of halogens is 2. The fourth-order valence-corrected chi connectivity index (χ4v) is 3.18. The second-order valence-electron chi connectivity index (χ2n) is 5.49. The molecule has 1 aromatic carbocycles. The standard InChI is InChI=1S/C15H20BrFO2/c16-12-9-11(5-6-13(12)17)10-14(18)15(19)7-3-1-2-4-8-15/h5-6,9,14,18-19H,1-4,7-8,10H2. The minimum atomic E-state index is -0.989. The van der Waals surface area contributed by atoms with Gasteiger partial charge in [-0.1, -0.05) is 31.7 Å². The molecular formula is C15H20BrFO2. The highest BCUT2D eigenvalue weighted by atomic mass is 79.9. The summed E-state index contributed by atoms with van der Waals surface area (Å²) in [6.07, 6.45) is 5.03. The lowest BCUT2D eigenvalue weighted by atomic mass is 9.85. The van der Waals surface area contributed by atoms with Crippen LogP contribution in [0.25, 0.3) is 0 Å². The Kier molecular flexibility index (Phi) is 4.98. The Balaban J connectivity index is 2.06. The van der Waals surface area contributed by atoms with E-state index in [4.69, 9.17) is 0 Å². The molecule has 2 rings (SSSR count). The van der Waals surface area contributed by atoms with E-state index < -0.39 is 11.7 Å². The van der Waals surface area contributed by atoms with Crippen molar-refractivity contribution < 1.29 is 14.6 Å². The van der Waals surface area contributed by atoms with Gasteiger partial charge in [0.2, 0.25) is 0 Å². The van der Waals surface area contributed by atoms with E-state index in [1.807, 2.05) is 0 Å². The van der Waals surface area contributed by atoms with Crippen molar-refractivity contribution in [3.05, 3.63) is 34.1 Å². The van der Waals surface area contributed by atoms with Crippen LogP contribution in [0, 0.1) is 5.82 Å². The molecule has 4 heteroatoms. The Labute approximate surface area is 121 Å². The van der Waals surface area contributed by atoms with Gasteiger partial charge < -0.3 is 10.2 Å². The van der Waals surface area contributed by atoms with Crippen LogP contribution in [-0.2, 0) is 6.42 Å². The van der Waals surface area contributed by atoms with Crippen molar-refractivity contribution in [2.24, 2.45) is 0 Å². The van der Waals surface area contributed by atoms with Crippen LogP contribution in [0.3, 0.4) is 0 Å². The third-order valence-corrected chi connectivity index (χ3v) is 4.61. The van der Waals surface area contributed by atoms with Gasteiger partial charge in [-0.15, -0.1) is 0 Å². The summed E-state index contributed by atoms with van der Waals surface area (Å²) in [5.41, 5.74) is -0.157. The summed E-state index contributed by atoms with van der Waals surface area (Å²) < 4.78 is 13.6. The number of benzene rings is 1. The normalized spacial score (nSPS) is 20.8. The molecular weight excluding hydrogens is 311 g/mol.